The number of aliphatic carboxylic acids is 1. The maximum absolute atomic E-state index is 11.8. The zero-order valence-electron chi connectivity index (χ0n) is 10.9. The van der Waals surface area contributed by atoms with E-state index in [4.69, 9.17) is 5.11 Å². The number of hydrogen-bond donors (Lipinski definition) is 3. The second kappa shape index (κ2) is 7.13. The molecule has 0 bridgehead atoms. The van der Waals surface area contributed by atoms with Gasteiger partial charge in [0.25, 0.3) is 0 Å². The lowest BCUT2D eigenvalue weighted by atomic mass is 10.2. The van der Waals surface area contributed by atoms with E-state index in [1.807, 2.05) is 26.0 Å². The van der Waals surface area contributed by atoms with E-state index in [1.54, 1.807) is 6.07 Å². The summed E-state index contributed by atoms with van der Waals surface area (Å²) in [6, 6.07) is 4.08. The monoisotopic (exact) mass is 328 g/mol. The van der Waals surface area contributed by atoms with Crippen LogP contribution < -0.4 is 10.6 Å². The number of aryl methyl sites for hydroxylation is 1. The number of anilines is 1. The average molecular weight is 329 g/mol. The quantitative estimate of drug-likeness (QED) is 0.776. The van der Waals surface area contributed by atoms with E-state index in [0.717, 1.165) is 10.0 Å². The Morgan fingerprint density at radius 3 is 2.68 bits per heavy atom. The van der Waals surface area contributed by atoms with Crippen molar-refractivity contribution in [1.29, 1.82) is 0 Å². The minimum atomic E-state index is -1.03. The van der Waals surface area contributed by atoms with Gasteiger partial charge in [-0.3, -0.25) is 0 Å². The molecule has 5 nitrogen and oxygen atoms in total. The number of carbonyl (C=O) groups is 2. The van der Waals surface area contributed by atoms with Gasteiger partial charge in [0.1, 0.15) is 6.04 Å². The predicted octanol–water partition coefficient (Wildman–Crippen LogP) is 3.13. The van der Waals surface area contributed by atoms with Crippen LogP contribution in [0.4, 0.5) is 10.5 Å². The van der Waals surface area contributed by atoms with E-state index in [9.17, 15) is 9.59 Å². The summed E-state index contributed by atoms with van der Waals surface area (Å²) in [4.78, 5) is 22.7. The molecule has 0 radical (unpaired) electrons. The second-order valence-corrected chi connectivity index (χ2v) is 5.01. The van der Waals surface area contributed by atoms with Crippen LogP contribution >= 0.6 is 15.9 Å². The Bertz CT molecular complexity index is 477. The van der Waals surface area contributed by atoms with E-state index in [1.165, 1.54) is 0 Å². The highest BCUT2D eigenvalue weighted by Crippen LogP contribution is 2.25. The highest BCUT2D eigenvalue weighted by Gasteiger charge is 2.19. The molecular formula is C13H17BrN2O3. The van der Waals surface area contributed by atoms with Gasteiger partial charge in [0.05, 0.1) is 5.69 Å². The van der Waals surface area contributed by atoms with Gasteiger partial charge in [-0.2, -0.15) is 0 Å². The van der Waals surface area contributed by atoms with Crippen molar-refractivity contribution in [2.24, 2.45) is 0 Å². The second-order valence-electron chi connectivity index (χ2n) is 4.21. The maximum atomic E-state index is 11.8. The van der Waals surface area contributed by atoms with Crippen LogP contribution in [0.15, 0.2) is 22.7 Å². The van der Waals surface area contributed by atoms with Crippen molar-refractivity contribution in [2.45, 2.75) is 32.7 Å². The number of urea groups is 1. The van der Waals surface area contributed by atoms with Crippen molar-refractivity contribution >= 4 is 33.6 Å². The summed E-state index contributed by atoms with van der Waals surface area (Å²) in [5, 5.41) is 14.0. The highest BCUT2D eigenvalue weighted by atomic mass is 79.9. The molecule has 1 atom stereocenters. The zero-order valence-corrected chi connectivity index (χ0v) is 12.5. The summed E-state index contributed by atoms with van der Waals surface area (Å²) >= 11 is 3.38. The van der Waals surface area contributed by atoms with Gasteiger partial charge in [0, 0.05) is 4.47 Å². The Labute approximate surface area is 120 Å². The van der Waals surface area contributed by atoms with Gasteiger partial charge in [0.15, 0.2) is 0 Å². The van der Waals surface area contributed by atoms with Gasteiger partial charge >= 0.3 is 12.0 Å². The van der Waals surface area contributed by atoms with Gasteiger partial charge in [-0.05, 0) is 40.9 Å². The first-order valence-electron chi connectivity index (χ1n) is 6.01. The summed E-state index contributed by atoms with van der Waals surface area (Å²) in [6.45, 7) is 3.77. The van der Waals surface area contributed by atoms with Gasteiger partial charge in [-0.25, -0.2) is 9.59 Å². The first-order valence-corrected chi connectivity index (χ1v) is 6.80. The van der Waals surface area contributed by atoms with Gasteiger partial charge in [-0.15, -0.1) is 0 Å². The third-order valence-electron chi connectivity index (χ3n) is 2.62. The number of amides is 2. The molecule has 1 aromatic rings. The lowest BCUT2D eigenvalue weighted by Crippen LogP contribution is -2.42. The fourth-order valence-electron chi connectivity index (χ4n) is 1.61. The van der Waals surface area contributed by atoms with Crippen LogP contribution in [0.5, 0.6) is 0 Å². The highest BCUT2D eigenvalue weighted by molar-refractivity contribution is 9.10. The molecule has 1 rings (SSSR count). The summed E-state index contributed by atoms with van der Waals surface area (Å²) < 4.78 is 0.785. The number of carboxylic acids is 1. The molecule has 0 saturated carbocycles. The molecule has 0 aromatic heterocycles. The van der Waals surface area contributed by atoms with Crippen molar-refractivity contribution < 1.29 is 14.7 Å². The lowest BCUT2D eigenvalue weighted by molar-refractivity contribution is -0.139. The van der Waals surface area contributed by atoms with E-state index in [2.05, 4.69) is 26.6 Å². The van der Waals surface area contributed by atoms with Crippen LogP contribution in [-0.4, -0.2) is 23.1 Å². The van der Waals surface area contributed by atoms with E-state index < -0.39 is 18.0 Å². The third-order valence-corrected chi connectivity index (χ3v) is 3.67. The number of nitrogens with one attached hydrogen (secondary N) is 2. The maximum Gasteiger partial charge on any atom is 0.326 e. The molecule has 1 unspecified atom stereocenters. The SMILES string of the molecule is CCCC(NC(=O)Nc1cccc(C)c1Br)C(=O)O. The summed E-state index contributed by atoms with van der Waals surface area (Å²) in [6.07, 6.45) is 1.09. The normalized spacial score (nSPS) is 11.7. The zero-order chi connectivity index (χ0) is 14.4. The number of hydrogen-bond acceptors (Lipinski definition) is 2. The standard InChI is InChI=1S/C13H17BrN2O3/c1-3-5-10(12(17)18)16-13(19)15-9-7-4-6-8(2)11(9)14/h4,6-7,10H,3,5H2,1-2H3,(H,17,18)(H2,15,16,19). The Morgan fingerprint density at radius 2 is 2.11 bits per heavy atom. The van der Waals surface area contributed by atoms with Crippen LogP contribution in [0.1, 0.15) is 25.3 Å². The molecule has 0 heterocycles. The molecule has 3 N–H and O–H groups in total. The fraction of sp³-hybridized carbons (Fsp3) is 0.385. The average Bonchev–Trinajstić information content (AvgIpc) is 2.34. The number of benzene rings is 1. The van der Waals surface area contributed by atoms with Crippen molar-refractivity contribution in [2.75, 3.05) is 5.32 Å². The van der Waals surface area contributed by atoms with E-state index in [-0.39, 0.29) is 0 Å². The largest absolute Gasteiger partial charge is 0.480 e. The minimum absolute atomic E-state index is 0.401. The molecule has 104 valence electrons. The molecule has 0 spiro atoms. The molecule has 1 aromatic carbocycles. The molecule has 0 aliphatic rings. The Hall–Kier alpha value is -1.56. The number of carbonyl (C=O) groups excluding carboxylic acids is 1. The van der Waals surface area contributed by atoms with Crippen molar-refractivity contribution in [1.82, 2.24) is 5.32 Å². The van der Waals surface area contributed by atoms with Gasteiger partial charge < -0.3 is 15.7 Å². The summed E-state index contributed by atoms with van der Waals surface area (Å²) in [5.74, 6) is -1.03. The molecule has 0 fully saturated rings. The van der Waals surface area contributed by atoms with E-state index >= 15 is 0 Å². The van der Waals surface area contributed by atoms with Crippen molar-refractivity contribution in [3.05, 3.63) is 28.2 Å². The van der Waals surface area contributed by atoms with Gasteiger partial charge in [0.2, 0.25) is 0 Å². The number of rotatable bonds is 5. The fourth-order valence-corrected chi connectivity index (χ4v) is 1.97. The van der Waals surface area contributed by atoms with Crippen LogP contribution in [0, 0.1) is 6.92 Å². The molecule has 0 aliphatic heterocycles. The number of halogens is 1. The molecule has 19 heavy (non-hydrogen) atoms. The summed E-state index contributed by atoms with van der Waals surface area (Å²) in [5.41, 5.74) is 1.60. The molecule has 6 heteroatoms. The molecular weight excluding hydrogens is 312 g/mol. The van der Waals surface area contributed by atoms with Crippen LogP contribution in [0.25, 0.3) is 0 Å². The van der Waals surface area contributed by atoms with E-state index in [0.29, 0.717) is 18.5 Å². The summed E-state index contributed by atoms with van der Waals surface area (Å²) in [7, 11) is 0. The van der Waals surface area contributed by atoms with Crippen LogP contribution in [-0.2, 0) is 4.79 Å². The molecule has 0 aliphatic carbocycles. The van der Waals surface area contributed by atoms with Crippen LogP contribution in [0.2, 0.25) is 0 Å². The Balaban J connectivity index is 2.69. The predicted molar refractivity (Wildman–Crippen MR) is 77.4 cm³/mol. The minimum Gasteiger partial charge on any atom is -0.480 e. The number of carboxylic acid groups (broad SMARTS) is 1. The van der Waals surface area contributed by atoms with Gasteiger partial charge in [-0.1, -0.05) is 25.5 Å². The van der Waals surface area contributed by atoms with Crippen molar-refractivity contribution in [3.63, 3.8) is 0 Å². The Morgan fingerprint density at radius 1 is 1.42 bits per heavy atom. The first-order chi connectivity index (χ1) is 8.95. The Kier molecular flexibility index (Phi) is 5.82. The molecule has 2 amide bonds. The van der Waals surface area contributed by atoms with Crippen molar-refractivity contribution in [3.8, 4) is 0 Å². The smallest absolute Gasteiger partial charge is 0.326 e. The third kappa shape index (κ3) is 4.55. The lowest BCUT2D eigenvalue weighted by Gasteiger charge is -2.15. The first kappa shape index (κ1) is 15.5. The van der Waals surface area contributed by atoms with Crippen LogP contribution in [0.3, 0.4) is 0 Å². The molecule has 0 saturated heterocycles. The topological polar surface area (TPSA) is 78.4 Å².